The standard InChI is InChI=1S/C13H9N3O5S/c17-11-1-2-12(16-15-11)22(18,19)13-4-7-3-9-10(21-6-20-9)5-8(7)14-13/h1-5,14H,6H2,(H,15,17). The molecule has 112 valence electrons. The summed E-state index contributed by atoms with van der Waals surface area (Å²) in [6, 6.07) is 7.13. The first-order valence-corrected chi connectivity index (χ1v) is 7.75. The molecule has 3 heterocycles. The van der Waals surface area contributed by atoms with E-state index in [2.05, 4.69) is 15.2 Å². The van der Waals surface area contributed by atoms with Crippen molar-refractivity contribution in [3.05, 3.63) is 40.7 Å². The summed E-state index contributed by atoms with van der Waals surface area (Å²) in [5.74, 6) is 1.12. The molecule has 4 rings (SSSR count). The monoisotopic (exact) mass is 319 g/mol. The third-order valence-corrected chi connectivity index (χ3v) is 4.88. The Hall–Kier alpha value is -2.81. The molecule has 0 fully saturated rings. The summed E-state index contributed by atoms with van der Waals surface area (Å²) in [7, 11) is -3.85. The van der Waals surface area contributed by atoms with E-state index in [-0.39, 0.29) is 16.8 Å². The predicted octanol–water partition coefficient (Wildman–Crippen LogP) is 0.813. The van der Waals surface area contributed by atoms with Crippen molar-refractivity contribution in [3.63, 3.8) is 0 Å². The van der Waals surface area contributed by atoms with Crippen LogP contribution < -0.4 is 15.0 Å². The highest BCUT2D eigenvalue weighted by Gasteiger charge is 2.23. The molecule has 1 aliphatic rings. The second kappa shape index (κ2) is 4.34. The highest BCUT2D eigenvalue weighted by molar-refractivity contribution is 7.91. The minimum absolute atomic E-state index is 0.0225. The van der Waals surface area contributed by atoms with Gasteiger partial charge in [0, 0.05) is 17.5 Å². The van der Waals surface area contributed by atoms with Crippen LogP contribution >= 0.6 is 0 Å². The molecule has 0 bridgehead atoms. The van der Waals surface area contributed by atoms with Crippen LogP contribution in [-0.2, 0) is 9.84 Å². The topological polar surface area (TPSA) is 114 Å². The van der Waals surface area contributed by atoms with Gasteiger partial charge < -0.3 is 14.5 Å². The second-order valence-electron chi connectivity index (χ2n) is 4.69. The summed E-state index contributed by atoms with van der Waals surface area (Å²) in [6.45, 7) is 0.147. The van der Waals surface area contributed by atoms with Crippen molar-refractivity contribution in [2.24, 2.45) is 0 Å². The van der Waals surface area contributed by atoms with Crippen molar-refractivity contribution in [2.75, 3.05) is 6.79 Å². The zero-order valence-corrected chi connectivity index (χ0v) is 11.8. The van der Waals surface area contributed by atoms with E-state index in [4.69, 9.17) is 9.47 Å². The number of aromatic amines is 2. The Labute approximate surface area is 123 Å². The lowest BCUT2D eigenvalue weighted by atomic mass is 10.2. The van der Waals surface area contributed by atoms with E-state index < -0.39 is 15.4 Å². The van der Waals surface area contributed by atoms with Crippen LogP contribution in [0.1, 0.15) is 0 Å². The maximum atomic E-state index is 12.5. The second-order valence-corrected chi connectivity index (χ2v) is 6.55. The summed E-state index contributed by atoms with van der Waals surface area (Å²) in [6.07, 6.45) is 0. The van der Waals surface area contributed by atoms with Crippen molar-refractivity contribution in [2.45, 2.75) is 10.1 Å². The van der Waals surface area contributed by atoms with Gasteiger partial charge in [-0.25, -0.2) is 13.5 Å². The van der Waals surface area contributed by atoms with Crippen LogP contribution in [-0.4, -0.2) is 30.4 Å². The molecule has 1 aromatic carbocycles. The largest absolute Gasteiger partial charge is 0.454 e. The molecule has 0 atom stereocenters. The summed E-state index contributed by atoms with van der Waals surface area (Å²) in [5.41, 5.74) is 0.133. The lowest BCUT2D eigenvalue weighted by Crippen LogP contribution is -2.12. The molecule has 9 heteroatoms. The van der Waals surface area contributed by atoms with Gasteiger partial charge in [-0.05, 0) is 18.2 Å². The summed E-state index contributed by atoms with van der Waals surface area (Å²) in [5, 5.41) is 6.09. The van der Waals surface area contributed by atoms with E-state index in [9.17, 15) is 13.2 Å². The number of benzene rings is 1. The number of rotatable bonds is 2. The average molecular weight is 319 g/mol. The van der Waals surface area contributed by atoms with Crippen LogP contribution in [0.3, 0.4) is 0 Å². The number of ether oxygens (including phenoxy) is 2. The Morgan fingerprint density at radius 2 is 1.86 bits per heavy atom. The minimum Gasteiger partial charge on any atom is -0.454 e. The SMILES string of the molecule is O=c1ccc(S(=O)(=O)c2cc3cc4c(cc3[nH]2)OCO4)n[nH]1. The predicted molar refractivity (Wildman–Crippen MR) is 74.7 cm³/mol. The molecular formula is C13H9N3O5S. The van der Waals surface area contributed by atoms with Gasteiger partial charge in [0.2, 0.25) is 16.6 Å². The first kappa shape index (κ1) is 12.9. The van der Waals surface area contributed by atoms with Gasteiger partial charge in [0.25, 0.3) is 5.56 Å². The Morgan fingerprint density at radius 1 is 1.09 bits per heavy atom. The molecule has 0 saturated heterocycles. The number of sulfone groups is 1. The van der Waals surface area contributed by atoms with Gasteiger partial charge in [-0.15, -0.1) is 0 Å². The minimum atomic E-state index is -3.85. The number of H-pyrrole nitrogens is 2. The fraction of sp³-hybridized carbons (Fsp3) is 0.0769. The highest BCUT2D eigenvalue weighted by atomic mass is 32.2. The van der Waals surface area contributed by atoms with Gasteiger partial charge in [-0.2, -0.15) is 5.10 Å². The number of nitrogens with zero attached hydrogens (tertiary/aromatic N) is 1. The smallest absolute Gasteiger partial charge is 0.264 e. The van der Waals surface area contributed by atoms with Crippen molar-refractivity contribution < 1.29 is 17.9 Å². The molecule has 22 heavy (non-hydrogen) atoms. The molecule has 0 amide bonds. The van der Waals surface area contributed by atoms with Gasteiger partial charge in [-0.1, -0.05) is 0 Å². The van der Waals surface area contributed by atoms with Crippen molar-refractivity contribution in [1.29, 1.82) is 0 Å². The molecule has 1 aliphatic heterocycles. The van der Waals surface area contributed by atoms with Crippen molar-refractivity contribution in [3.8, 4) is 11.5 Å². The number of hydrogen-bond donors (Lipinski definition) is 2. The quantitative estimate of drug-likeness (QED) is 0.722. The van der Waals surface area contributed by atoms with Gasteiger partial charge in [0.1, 0.15) is 5.03 Å². The Bertz CT molecular complexity index is 990. The van der Waals surface area contributed by atoms with Gasteiger partial charge >= 0.3 is 0 Å². The molecule has 0 radical (unpaired) electrons. The van der Waals surface area contributed by atoms with Crippen LogP contribution in [0.25, 0.3) is 10.9 Å². The van der Waals surface area contributed by atoms with E-state index in [1.54, 1.807) is 12.1 Å². The van der Waals surface area contributed by atoms with E-state index in [0.717, 1.165) is 12.1 Å². The number of hydrogen-bond acceptors (Lipinski definition) is 6. The lowest BCUT2D eigenvalue weighted by Gasteiger charge is -1.99. The van der Waals surface area contributed by atoms with E-state index in [0.29, 0.717) is 22.4 Å². The number of aromatic nitrogens is 3. The molecule has 0 spiro atoms. The fourth-order valence-corrected chi connectivity index (χ4v) is 3.40. The first-order chi connectivity index (χ1) is 10.5. The van der Waals surface area contributed by atoms with Crippen molar-refractivity contribution >= 4 is 20.7 Å². The van der Waals surface area contributed by atoms with Gasteiger partial charge in [0.15, 0.2) is 16.5 Å². The fourth-order valence-electron chi connectivity index (χ4n) is 2.23. The van der Waals surface area contributed by atoms with Crippen LogP contribution in [0.15, 0.2) is 45.2 Å². The van der Waals surface area contributed by atoms with Gasteiger partial charge in [0.05, 0.1) is 5.52 Å². The zero-order valence-electron chi connectivity index (χ0n) is 11.0. The Morgan fingerprint density at radius 3 is 2.59 bits per heavy atom. The summed E-state index contributed by atoms with van der Waals surface area (Å²) in [4.78, 5) is 13.8. The third-order valence-electron chi connectivity index (χ3n) is 3.31. The molecule has 0 unspecified atom stereocenters. The Balaban J connectivity index is 1.87. The average Bonchev–Trinajstić information content (AvgIpc) is 3.10. The van der Waals surface area contributed by atoms with Crippen LogP contribution in [0.5, 0.6) is 11.5 Å². The zero-order chi connectivity index (χ0) is 15.3. The summed E-state index contributed by atoms with van der Waals surface area (Å²) >= 11 is 0. The molecule has 2 aromatic heterocycles. The van der Waals surface area contributed by atoms with E-state index in [1.807, 2.05) is 0 Å². The number of nitrogens with one attached hydrogen (secondary N) is 2. The molecule has 0 saturated carbocycles. The molecule has 0 aliphatic carbocycles. The van der Waals surface area contributed by atoms with Crippen LogP contribution in [0.4, 0.5) is 0 Å². The molecule has 2 N–H and O–H groups in total. The highest BCUT2D eigenvalue weighted by Crippen LogP contribution is 2.36. The number of fused-ring (bicyclic) bond motifs is 2. The summed E-state index contributed by atoms with van der Waals surface area (Å²) < 4.78 is 35.5. The van der Waals surface area contributed by atoms with E-state index >= 15 is 0 Å². The van der Waals surface area contributed by atoms with Crippen LogP contribution in [0, 0.1) is 0 Å². The lowest BCUT2D eigenvalue weighted by molar-refractivity contribution is 0.174. The van der Waals surface area contributed by atoms with E-state index in [1.165, 1.54) is 6.07 Å². The molecular weight excluding hydrogens is 310 g/mol. The first-order valence-electron chi connectivity index (χ1n) is 6.27. The Kier molecular flexibility index (Phi) is 2.54. The van der Waals surface area contributed by atoms with Crippen LogP contribution in [0.2, 0.25) is 0 Å². The normalized spacial score (nSPS) is 13.6. The maximum absolute atomic E-state index is 12.5. The van der Waals surface area contributed by atoms with Crippen molar-refractivity contribution in [1.82, 2.24) is 15.2 Å². The molecule has 8 nitrogen and oxygen atoms in total. The maximum Gasteiger partial charge on any atom is 0.264 e. The molecule has 3 aromatic rings. The third kappa shape index (κ3) is 1.86. The van der Waals surface area contributed by atoms with Gasteiger partial charge in [-0.3, -0.25) is 4.79 Å².